The van der Waals surface area contributed by atoms with E-state index in [-0.39, 0.29) is 16.9 Å². The van der Waals surface area contributed by atoms with Crippen LogP contribution in [0, 0.1) is 5.41 Å². The molecule has 0 bridgehead atoms. The zero-order chi connectivity index (χ0) is 18.6. The first-order chi connectivity index (χ1) is 13.1. The van der Waals surface area contributed by atoms with Gasteiger partial charge < -0.3 is 14.7 Å². The molecule has 2 aromatic carbocycles. The third-order valence-corrected chi connectivity index (χ3v) is 6.61. The summed E-state index contributed by atoms with van der Waals surface area (Å²) in [4.78, 5) is 26.7. The SMILES string of the molecule is O=C(O)c1cccc(CN2C(=O)C3(CC34CCOCC4)c3ccccc32)c1. The standard InChI is InChI=1S/C22H21NO4/c24-19(25)16-5-3-4-15(12-16)13-23-18-7-2-1-6-17(18)22(20(23)26)14-21(22)8-10-27-11-9-21/h1-7,12H,8-11,13-14H2,(H,24,25). The second-order valence-electron chi connectivity index (χ2n) is 7.89. The molecule has 1 saturated carbocycles. The Balaban J connectivity index is 1.53. The maximum absolute atomic E-state index is 13.6. The number of ether oxygens (including phenoxy) is 1. The summed E-state index contributed by atoms with van der Waals surface area (Å²) in [6.07, 6.45) is 2.75. The fourth-order valence-corrected chi connectivity index (χ4v) is 5.18. The van der Waals surface area contributed by atoms with Crippen molar-refractivity contribution in [1.82, 2.24) is 0 Å². The molecule has 1 saturated heterocycles. The summed E-state index contributed by atoms with van der Waals surface area (Å²) in [6.45, 7) is 1.83. The highest BCUT2D eigenvalue weighted by Crippen LogP contribution is 2.73. The normalized spacial score (nSPS) is 25.0. The van der Waals surface area contributed by atoms with Gasteiger partial charge in [-0.15, -0.1) is 0 Å². The highest BCUT2D eigenvalue weighted by atomic mass is 16.5. The highest BCUT2D eigenvalue weighted by Gasteiger charge is 2.75. The summed E-state index contributed by atoms with van der Waals surface area (Å²) in [5.41, 5.74) is 2.78. The van der Waals surface area contributed by atoms with Gasteiger partial charge in [-0.05, 0) is 54.0 Å². The lowest BCUT2D eigenvalue weighted by molar-refractivity contribution is -0.121. The van der Waals surface area contributed by atoms with Crippen LogP contribution < -0.4 is 4.90 Å². The Morgan fingerprint density at radius 3 is 2.67 bits per heavy atom. The van der Waals surface area contributed by atoms with E-state index in [1.807, 2.05) is 29.2 Å². The van der Waals surface area contributed by atoms with Crippen molar-refractivity contribution < 1.29 is 19.4 Å². The van der Waals surface area contributed by atoms with Gasteiger partial charge in [-0.1, -0.05) is 30.3 Å². The van der Waals surface area contributed by atoms with Crippen LogP contribution in [0.5, 0.6) is 0 Å². The van der Waals surface area contributed by atoms with E-state index >= 15 is 0 Å². The molecule has 2 heterocycles. The first-order valence-electron chi connectivity index (χ1n) is 9.39. The summed E-state index contributed by atoms with van der Waals surface area (Å²) in [6, 6.07) is 14.9. The van der Waals surface area contributed by atoms with Gasteiger partial charge in [-0.3, -0.25) is 4.79 Å². The van der Waals surface area contributed by atoms with Crippen LogP contribution in [0.4, 0.5) is 5.69 Å². The van der Waals surface area contributed by atoms with Gasteiger partial charge in [-0.2, -0.15) is 0 Å². The largest absolute Gasteiger partial charge is 0.478 e. The van der Waals surface area contributed by atoms with E-state index in [1.54, 1.807) is 18.2 Å². The van der Waals surface area contributed by atoms with Crippen LogP contribution in [0.2, 0.25) is 0 Å². The number of hydrogen-bond donors (Lipinski definition) is 1. The summed E-state index contributed by atoms with van der Waals surface area (Å²) in [7, 11) is 0. The molecule has 5 nitrogen and oxygen atoms in total. The Morgan fingerprint density at radius 1 is 1.11 bits per heavy atom. The Morgan fingerprint density at radius 2 is 1.89 bits per heavy atom. The van der Waals surface area contributed by atoms with Crippen molar-refractivity contribution in [3.8, 4) is 0 Å². The third-order valence-electron chi connectivity index (χ3n) is 6.61. The predicted molar refractivity (Wildman–Crippen MR) is 99.8 cm³/mol. The number of nitrogens with zero attached hydrogens (tertiary/aromatic N) is 1. The van der Waals surface area contributed by atoms with Gasteiger partial charge in [0.15, 0.2) is 0 Å². The monoisotopic (exact) mass is 363 g/mol. The quantitative estimate of drug-likeness (QED) is 0.908. The van der Waals surface area contributed by atoms with Gasteiger partial charge in [0.25, 0.3) is 0 Å². The maximum atomic E-state index is 13.6. The first-order valence-corrected chi connectivity index (χ1v) is 9.39. The summed E-state index contributed by atoms with van der Waals surface area (Å²) in [5, 5.41) is 9.25. The molecule has 2 fully saturated rings. The lowest BCUT2D eigenvalue weighted by Crippen LogP contribution is -2.36. The Bertz CT molecular complexity index is 947. The molecule has 2 spiro atoms. The van der Waals surface area contributed by atoms with Crippen LogP contribution in [0.1, 0.15) is 40.7 Å². The average molecular weight is 363 g/mol. The van der Waals surface area contributed by atoms with Crippen molar-refractivity contribution in [2.75, 3.05) is 18.1 Å². The van der Waals surface area contributed by atoms with Crippen molar-refractivity contribution in [3.63, 3.8) is 0 Å². The van der Waals surface area contributed by atoms with Gasteiger partial charge in [0.1, 0.15) is 0 Å². The van der Waals surface area contributed by atoms with E-state index in [1.165, 1.54) is 0 Å². The van der Waals surface area contributed by atoms with Crippen molar-refractivity contribution in [3.05, 3.63) is 65.2 Å². The van der Waals surface area contributed by atoms with Gasteiger partial charge in [0.2, 0.25) is 5.91 Å². The minimum absolute atomic E-state index is 0.0239. The van der Waals surface area contributed by atoms with Gasteiger partial charge in [0, 0.05) is 18.9 Å². The molecule has 2 aromatic rings. The number of carboxylic acids is 1. The molecule has 1 atom stereocenters. The number of carbonyl (C=O) groups excluding carboxylic acids is 1. The number of amides is 1. The Labute approximate surface area is 157 Å². The number of anilines is 1. The molecule has 1 amide bonds. The van der Waals surface area contributed by atoms with Crippen LogP contribution in [-0.2, 0) is 21.5 Å². The first kappa shape index (κ1) is 16.5. The van der Waals surface area contributed by atoms with Crippen molar-refractivity contribution in [2.45, 2.75) is 31.2 Å². The number of aromatic carboxylic acids is 1. The van der Waals surface area contributed by atoms with Crippen LogP contribution in [0.25, 0.3) is 0 Å². The number of benzene rings is 2. The van der Waals surface area contributed by atoms with Crippen LogP contribution in [0.3, 0.4) is 0 Å². The lowest BCUT2D eigenvalue weighted by atomic mass is 9.82. The zero-order valence-electron chi connectivity index (χ0n) is 15.0. The molecule has 5 rings (SSSR count). The summed E-state index contributed by atoms with van der Waals surface area (Å²) >= 11 is 0. The van der Waals surface area contributed by atoms with E-state index < -0.39 is 11.4 Å². The predicted octanol–water partition coefficient (Wildman–Crippen LogP) is 3.37. The van der Waals surface area contributed by atoms with Gasteiger partial charge in [-0.25, -0.2) is 4.79 Å². The molecular weight excluding hydrogens is 342 g/mol. The molecule has 1 unspecified atom stereocenters. The van der Waals surface area contributed by atoms with Crippen LogP contribution in [0.15, 0.2) is 48.5 Å². The van der Waals surface area contributed by atoms with Crippen LogP contribution >= 0.6 is 0 Å². The summed E-state index contributed by atoms with van der Waals surface area (Å²) in [5.74, 6) is -0.795. The number of carboxylic acid groups (broad SMARTS) is 1. The fourth-order valence-electron chi connectivity index (χ4n) is 5.18. The second-order valence-corrected chi connectivity index (χ2v) is 7.89. The molecule has 1 aliphatic carbocycles. The van der Waals surface area contributed by atoms with E-state index in [2.05, 4.69) is 6.07 Å². The zero-order valence-corrected chi connectivity index (χ0v) is 15.0. The molecule has 27 heavy (non-hydrogen) atoms. The topological polar surface area (TPSA) is 66.8 Å². The lowest BCUT2D eigenvalue weighted by Gasteiger charge is -2.27. The van der Waals surface area contributed by atoms with Crippen molar-refractivity contribution >= 4 is 17.6 Å². The van der Waals surface area contributed by atoms with E-state index in [0.717, 1.165) is 49.3 Å². The number of fused-ring (bicyclic) bond motifs is 3. The molecule has 138 valence electrons. The molecule has 0 aromatic heterocycles. The minimum Gasteiger partial charge on any atom is -0.478 e. The highest BCUT2D eigenvalue weighted by molar-refractivity contribution is 6.11. The second kappa shape index (κ2) is 5.67. The Hall–Kier alpha value is -2.66. The van der Waals surface area contributed by atoms with Crippen molar-refractivity contribution in [2.24, 2.45) is 5.41 Å². The van der Waals surface area contributed by atoms with Crippen molar-refractivity contribution in [1.29, 1.82) is 0 Å². The molecule has 3 aliphatic rings. The molecule has 1 N–H and O–H groups in total. The number of para-hydroxylation sites is 1. The molecule has 0 radical (unpaired) electrons. The molecular formula is C22H21NO4. The van der Waals surface area contributed by atoms with E-state index in [0.29, 0.717) is 6.54 Å². The van der Waals surface area contributed by atoms with E-state index in [4.69, 9.17) is 4.74 Å². The van der Waals surface area contributed by atoms with Crippen LogP contribution in [-0.4, -0.2) is 30.2 Å². The number of hydrogen-bond acceptors (Lipinski definition) is 3. The third kappa shape index (κ3) is 2.21. The fraction of sp³-hybridized carbons (Fsp3) is 0.364. The molecule has 5 heteroatoms. The van der Waals surface area contributed by atoms with Gasteiger partial charge >= 0.3 is 5.97 Å². The maximum Gasteiger partial charge on any atom is 0.335 e. The summed E-state index contributed by atoms with van der Waals surface area (Å²) < 4.78 is 5.55. The molecule has 2 aliphatic heterocycles. The van der Waals surface area contributed by atoms with Gasteiger partial charge in [0.05, 0.1) is 17.5 Å². The average Bonchev–Trinajstić information content (AvgIpc) is 3.27. The number of rotatable bonds is 3. The minimum atomic E-state index is -0.954. The number of carbonyl (C=O) groups is 2. The van der Waals surface area contributed by atoms with E-state index in [9.17, 15) is 14.7 Å². The smallest absolute Gasteiger partial charge is 0.335 e. The Kier molecular flexibility index (Phi) is 3.46.